The lowest BCUT2D eigenvalue weighted by Crippen LogP contribution is -2.26. The molecule has 0 radical (unpaired) electrons. The number of carbonyl (C=O) groups excluding carboxylic acids is 2. The van der Waals surface area contributed by atoms with Gasteiger partial charge in [0.2, 0.25) is 5.78 Å². The molecule has 1 heterocycles. The summed E-state index contributed by atoms with van der Waals surface area (Å²) in [4.78, 5) is 27.8. The van der Waals surface area contributed by atoms with Gasteiger partial charge in [0.05, 0.1) is 5.75 Å². The van der Waals surface area contributed by atoms with Gasteiger partial charge in [-0.3, -0.25) is 9.59 Å². The normalized spacial score (nSPS) is 13.1. The molecule has 0 spiro atoms. The van der Waals surface area contributed by atoms with Crippen LogP contribution in [0.3, 0.4) is 0 Å². The number of rotatable bonds is 5. The van der Waals surface area contributed by atoms with Crippen LogP contribution in [0.15, 0.2) is 24.3 Å². The summed E-state index contributed by atoms with van der Waals surface area (Å²) in [7, 11) is 0. The number of benzene rings is 1. The SMILES string of the molecule is Cc1[nH]c2ccccc2c1C(=O)C(C)OC(=O)CSC(C)(C)C. The minimum atomic E-state index is -0.791. The number of ketones is 1. The van der Waals surface area contributed by atoms with E-state index in [-0.39, 0.29) is 22.3 Å². The standard InChI is InChI=1S/C18H23NO3S/c1-11-16(13-8-6-7-9-14(13)19-11)17(21)12(2)22-15(20)10-23-18(3,4)5/h6-9,12,19H,10H2,1-5H3. The van der Waals surface area contributed by atoms with Crippen LogP contribution in [0.25, 0.3) is 10.9 Å². The molecular weight excluding hydrogens is 310 g/mol. The molecule has 1 aromatic heterocycles. The topological polar surface area (TPSA) is 59.2 Å². The first kappa shape index (κ1) is 17.6. The molecule has 5 heteroatoms. The average Bonchev–Trinajstić information content (AvgIpc) is 2.79. The number of para-hydroxylation sites is 1. The maximum atomic E-state index is 12.7. The molecule has 1 aromatic carbocycles. The maximum Gasteiger partial charge on any atom is 0.316 e. The van der Waals surface area contributed by atoms with E-state index in [1.54, 1.807) is 6.92 Å². The van der Waals surface area contributed by atoms with Gasteiger partial charge in [0.25, 0.3) is 0 Å². The van der Waals surface area contributed by atoms with Crippen LogP contribution >= 0.6 is 11.8 Å². The van der Waals surface area contributed by atoms with E-state index in [4.69, 9.17) is 4.74 Å². The van der Waals surface area contributed by atoms with Crippen molar-refractivity contribution < 1.29 is 14.3 Å². The van der Waals surface area contributed by atoms with Crippen LogP contribution in [0, 0.1) is 6.92 Å². The quantitative estimate of drug-likeness (QED) is 0.660. The molecule has 0 bridgehead atoms. The number of aromatic nitrogens is 1. The van der Waals surface area contributed by atoms with Crippen molar-refractivity contribution in [2.75, 3.05) is 5.75 Å². The number of ether oxygens (including phenoxy) is 1. The second kappa shape index (κ2) is 6.79. The van der Waals surface area contributed by atoms with Gasteiger partial charge < -0.3 is 9.72 Å². The Morgan fingerprint density at radius 3 is 2.57 bits per heavy atom. The van der Waals surface area contributed by atoms with Gasteiger partial charge in [-0.25, -0.2) is 0 Å². The van der Waals surface area contributed by atoms with Gasteiger partial charge in [0.1, 0.15) is 0 Å². The molecule has 0 saturated carbocycles. The molecule has 4 nitrogen and oxygen atoms in total. The van der Waals surface area contributed by atoms with Gasteiger partial charge in [-0.05, 0) is 19.9 Å². The Morgan fingerprint density at radius 1 is 1.26 bits per heavy atom. The van der Waals surface area contributed by atoms with E-state index in [1.165, 1.54) is 11.8 Å². The zero-order valence-corrected chi connectivity index (χ0v) is 15.0. The Balaban J connectivity index is 2.10. The van der Waals surface area contributed by atoms with Crippen LogP contribution in [-0.4, -0.2) is 33.3 Å². The highest BCUT2D eigenvalue weighted by Crippen LogP contribution is 2.25. The van der Waals surface area contributed by atoms with Crippen molar-refractivity contribution in [3.63, 3.8) is 0 Å². The number of esters is 1. The molecule has 23 heavy (non-hydrogen) atoms. The summed E-state index contributed by atoms with van der Waals surface area (Å²) in [5.74, 6) is -0.286. The monoisotopic (exact) mass is 333 g/mol. The lowest BCUT2D eigenvalue weighted by Gasteiger charge is -2.18. The first-order chi connectivity index (χ1) is 10.7. The van der Waals surface area contributed by atoms with Gasteiger partial charge in [0.15, 0.2) is 6.10 Å². The molecule has 1 N–H and O–H groups in total. The van der Waals surface area contributed by atoms with Gasteiger partial charge in [-0.15, -0.1) is 11.8 Å². The van der Waals surface area contributed by atoms with Gasteiger partial charge >= 0.3 is 5.97 Å². The van der Waals surface area contributed by atoms with Crippen molar-refractivity contribution in [2.24, 2.45) is 0 Å². The summed E-state index contributed by atoms with van der Waals surface area (Å²) in [5, 5.41) is 0.863. The van der Waals surface area contributed by atoms with E-state index in [0.29, 0.717) is 5.56 Å². The van der Waals surface area contributed by atoms with E-state index >= 15 is 0 Å². The molecule has 124 valence electrons. The largest absolute Gasteiger partial charge is 0.454 e. The molecule has 0 aliphatic heterocycles. The first-order valence-electron chi connectivity index (χ1n) is 7.64. The zero-order valence-electron chi connectivity index (χ0n) is 14.2. The summed E-state index contributed by atoms with van der Waals surface area (Å²) >= 11 is 1.51. The second-order valence-electron chi connectivity index (χ2n) is 6.57. The van der Waals surface area contributed by atoms with Crippen molar-refractivity contribution in [2.45, 2.75) is 45.5 Å². The summed E-state index contributed by atoms with van der Waals surface area (Å²) in [5.41, 5.74) is 2.31. The number of Topliss-reactive ketones (excluding diaryl/α,β-unsaturated/α-hetero) is 1. The van der Waals surface area contributed by atoms with E-state index < -0.39 is 6.10 Å². The third-order valence-electron chi connectivity index (χ3n) is 3.44. The van der Waals surface area contributed by atoms with Crippen molar-refractivity contribution in [1.29, 1.82) is 0 Å². The number of hydrogen-bond donors (Lipinski definition) is 1. The lowest BCUT2D eigenvalue weighted by molar-refractivity contribution is -0.143. The minimum Gasteiger partial charge on any atom is -0.454 e. The first-order valence-corrected chi connectivity index (χ1v) is 8.62. The van der Waals surface area contributed by atoms with E-state index in [1.807, 2.05) is 52.0 Å². The van der Waals surface area contributed by atoms with Crippen LogP contribution in [0.5, 0.6) is 0 Å². The summed E-state index contributed by atoms with van der Waals surface area (Å²) in [6, 6.07) is 7.63. The summed E-state index contributed by atoms with van der Waals surface area (Å²) in [6.07, 6.45) is -0.791. The third-order valence-corrected chi connectivity index (χ3v) is 4.69. The van der Waals surface area contributed by atoms with Crippen molar-refractivity contribution in [3.05, 3.63) is 35.5 Å². The van der Waals surface area contributed by atoms with Crippen molar-refractivity contribution in [1.82, 2.24) is 4.98 Å². The van der Waals surface area contributed by atoms with Crippen LogP contribution in [0.4, 0.5) is 0 Å². The fourth-order valence-corrected chi connectivity index (χ4v) is 2.98. The van der Waals surface area contributed by atoms with Crippen molar-refractivity contribution in [3.8, 4) is 0 Å². The summed E-state index contributed by atoms with van der Waals surface area (Å²) < 4.78 is 5.30. The molecule has 2 aromatic rings. The lowest BCUT2D eigenvalue weighted by atomic mass is 10.0. The van der Waals surface area contributed by atoms with Gasteiger partial charge in [0, 0.05) is 26.9 Å². The van der Waals surface area contributed by atoms with Crippen LogP contribution in [-0.2, 0) is 9.53 Å². The number of nitrogens with one attached hydrogen (secondary N) is 1. The number of aryl methyl sites for hydroxylation is 1. The van der Waals surface area contributed by atoms with Gasteiger partial charge in [-0.2, -0.15) is 0 Å². The molecule has 1 unspecified atom stereocenters. The predicted octanol–water partition coefficient (Wildman–Crippen LogP) is 4.12. The number of H-pyrrole nitrogens is 1. The van der Waals surface area contributed by atoms with E-state index in [0.717, 1.165) is 16.6 Å². The smallest absolute Gasteiger partial charge is 0.316 e. The van der Waals surface area contributed by atoms with E-state index in [9.17, 15) is 9.59 Å². The molecule has 1 atom stereocenters. The van der Waals surface area contributed by atoms with E-state index in [2.05, 4.69) is 4.98 Å². The van der Waals surface area contributed by atoms with Crippen molar-refractivity contribution >= 4 is 34.4 Å². The maximum absolute atomic E-state index is 12.7. The molecule has 2 rings (SSSR count). The van der Waals surface area contributed by atoms with Crippen LogP contribution in [0.1, 0.15) is 43.7 Å². The minimum absolute atomic E-state index is 0.0142. The zero-order chi connectivity index (χ0) is 17.2. The Kier molecular flexibility index (Phi) is 5.19. The molecule has 0 amide bonds. The summed E-state index contributed by atoms with van der Waals surface area (Å²) in [6.45, 7) is 9.60. The fourth-order valence-electron chi connectivity index (χ4n) is 2.36. The molecule has 0 fully saturated rings. The number of hydrogen-bond acceptors (Lipinski definition) is 4. The number of thioether (sulfide) groups is 1. The number of carbonyl (C=O) groups is 2. The third kappa shape index (κ3) is 4.38. The molecular formula is C18H23NO3S. The highest BCUT2D eigenvalue weighted by atomic mass is 32.2. The number of aromatic amines is 1. The Morgan fingerprint density at radius 2 is 1.91 bits per heavy atom. The Labute approximate surface area is 141 Å². The molecule has 0 saturated heterocycles. The highest BCUT2D eigenvalue weighted by Gasteiger charge is 2.25. The molecule has 0 aliphatic carbocycles. The highest BCUT2D eigenvalue weighted by molar-refractivity contribution is 8.01. The Bertz CT molecular complexity index is 727. The average molecular weight is 333 g/mol. The molecule has 0 aliphatic rings. The second-order valence-corrected chi connectivity index (χ2v) is 8.37. The number of fused-ring (bicyclic) bond motifs is 1. The Hall–Kier alpha value is -1.75. The van der Waals surface area contributed by atoms with Crippen LogP contribution < -0.4 is 0 Å². The fraction of sp³-hybridized carbons (Fsp3) is 0.444. The predicted molar refractivity (Wildman–Crippen MR) is 95.1 cm³/mol. The van der Waals surface area contributed by atoms with Gasteiger partial charge in [-0.1, -0.05) is 39.0 Å². The van der Waals surface area contributed by atoms with Crippen LogP contribution in [0.2, 0.25) is 0 Å².